The predicted molar refractivity (Wildman–Crippen MR) is 75.8 cm³/mol. The van der Waals surface area contributed by atoms with Crippen molar-refractivity contribution < 1.29 is 19.6 Å². The minimum Gasteiger partial charge on any atom is -0.487 e. The number of halogens is 1. The lowest BCUT2D eigenvalue weighted by molar-refractivity contribution is -0.384. The summed E-state index contributed by atoms with van der Waals surface area (Å²) in [6.07, 6.45) is 0. The molecule has 0 aromatic heterocycles. The molecule has 0 bridgehead atoms. The van der Waals surface area contributed by atoms with Gasteiger partial charge >= 0.3 is 5.97 Å². The molecule has 0 fully saturated rings. The van der Waals surface area contributed by atoms with E-state index >= 15 is 0 Å². The van der Waals surface area contributed by atoms with Crippen molar-refractivity contribution in [1.82, 2.24) is 0 Å². The lowest BCUT2D eigenvalue weighted by Gasteiger charge is -2.08. The Morgan fingerprint density at radius 2 is 1.90 bits per heavy atom. The largest absolute Gasteiger partial charge is 0.487 e. The highest BCUT2D eigenvalue weighted by molar-refractivity contribution is 6.32. The summed E-state index contributed by atoms with van der Waals surface area (Å²) in [6.45, 7) is 0.126. The number of nitro benzene ring substituents is 1. The monoisotopic (exact) mass is 307 g/mol. The van der Waals surface area contributed by atoms with E-state index in [0.29, 0.717) is 0 Å². The van der Waals surface area contributed by atoms with Gasteiger partial charge in [-0.3, -0.25) is 10.1 Å². The number of rotatable bonds is 5. The molecule has 0 saturated heterocycles. The highest BCUT2D eigenvalue weighted by Gasteiger charge is 2.11. The molecule has 0 aliphatic carbocycles. The van der Waals surface area contributed by atoms with E-state index in [2.05, 4.69) is 0 Å². The van der Waals surface area contributed by atoms with E-state index in [9.17, 15) is 14.9 Å². The number of carboxylic acid groups (broad SMARTS) is 1. The zero-order chi connectivity index (χ0) is 15.4. The maximum absolute atomic E-state index is 10.7. The van der Waals surface area contributed by atoms with E-state index < -0.39 is 10.9 Å². The average Bonchev–Trinajstić information content (AvgIpc) is 2.46. The molecule has 7 heteroatoms. The molecule has 2 rings (SSSR count). The second kappa shape index (κ2) is 6.23. The lowest BCUT2D eigenvalue weighted by Crippen LogP contribution is -1.99. The van der Waals surface area contributed by atoms with E-state index in [1.807, 2.05) is 0 Å². The summed E-state index contributed by atoms with van der Waals surface area (Å²) < 4.78 is 5.43. The van der Waals surface area contributed by atoms with Crippen LogP contribution in [0.5, 0.6) is 5.75 Å². The fourth-order valence-electron chi connectivity index (χ4n) is 1.62. The maximum atomic E-state index is 10.7. The van der Waals surface area contributed by atoms with Crippen LogP contribution in [0.1, 0.15) is 15.9 Å². The zero-order valence-electron chi connectivity index (χ0n) is 10.7. The van der Waals surface area contributed by atoms with Gasteiger partial charge in [-0.25, -0.2) is 4.79 Å². The predicted octanol–water partition coefficient (Wildman–Crippen LogP) is 3.53. The van der Waals surface area contributed by atoms with Gasteiger partial charge in [0.15, 0.2) is 0 Å². The van der Waals surface area contributed by atoms with Crippen LogP contribution in [0.3, 0.4) is 0 Å². The maximum Gasteiger partial charge on any atom is 0.335 e. The average molecular weight is 308 g/mol. The third-order valence-corrected chi connectivity index (χ3v) is 3.03. The molecule has 0 radical (unpaired) electrons. The van der Waals surface area contributed by atoms with Crippen LogP contribution in [-0.2, 0) is 6.61 Å². The number of carbonyl (C=O) groups is 1. The molecule has 1 N–H and O–H groups in total. The Bertz CT molecular complexity index is 684. The van der Waals surface area contributed by atoms with Crippen LogP contribution < -0.4 is 4.74 Å². The van der Waals surface area contributed by atoms with Crippen LogP contribution in [0.4, 0.5) is 5.69 Å². The molecule has 0 unspecified atom stereocenters. The smallest absolute Gasteiger partial charge is 0.335 e. The normalized spacial score (nSPS) is 10.1. The van der Waals surface area contributed by atoms with Gasteiger partial charge in [-0.05, 0) is 23.8 Å². The van der Waals surface area contributed by atoms with Gasteiger partial charge in [0.25, 0.3) is 5.69 Å². The molecule has 6 nitrogen and oxygen atoms in total. The number of ether oxygens (including phenoxy) is 1. The van der Waals surface area contributed by atoms with Gasteiger partial charge in [0.2, 0.25) is 0 Å². The SMILES string of the molecule is O=C(O)c1ccc(COc2cc([N+](=O)[O-])ccc2Cl)cc1. The summed E-state index contributed by atoms with van der Waals surface area (Å²) in [5.41, 5.74) is 0.783. The molecule has 0 aliphatic rings. The van der Waals surface area contributed by atoms with Gasteiger partial charge in [0, 0.05) is 6.07 Å². The minimum atomic E-state index is -1.01. The van der Waals surface area contributed by atoms with Crippen molar-refractivity contribution in [3.8, 4) is 5.75 Å². The van der Waals surface area contributed by atoms with E-state index in [1.54, 1.807) is 12.1 Å². The van der Waals surface area contributed by atoms with Crippen LogP contribution in [0.2, 0.25) is 5.02 Å². The molecule has 0 saturated carbocycles. The second-order valence-electron chi connectivity index (χ2n) is 4.16. The van der Waals surface area contributed by atoms with Crippen LogP contribution in [-0.4, -0.2) is 16.0 Å². The molecular formula is C14H10ClNO5. The van der Waals surface area contributed by atoms with Crippen LogP contribution >= 0.6 is 11.6 Å². The van der Waals surface area contributed by atoms with E-state index in [1.165, 1.54) is 30.3 Å². The summed E-state index contributed by atoms with van der Waals surface area (Å²) in [4.78, 5) is 20.9. The second-order valence-corrected chi connectivity index (χ2v) is 4.57. The molecule has 0 spiro atoms. The quantitative estimate of drug-likeness (QED) is 0.674. The molecule has 0 aliphatic heterocycles. The van der Waals surface area contributed by atoms with Gasteiger partial charge in [0.1, 0.15) is 12.4 Å². The highest BCUT2D eigenvalue weighted by Crippen LogP contribution is 2.29. The van der Waals surface area contributed by atoms with Gasteiger partial charge in [0.05, 0.1) is 21.6 Å². The molecule has 21 heavy (non-hydrogen) atoms. The molecule has 2 aromatic carbocycles. The number of nitrogens with zero attached hydrogens (tertiary/aromatic N) is 1. The Balaban J connectivity index is 2.10. The van der Waals surface area contributed by atoms with Crippen molar-refractivity contribution in [2.45, 2.75) is 6.61 Å². The third kappa shape index (κ3) is 3.70. The number of carboxylic acids is 1. The van der Waals surface area contributed by atoms with E-state index in [-0.39, 0.29) is 28.6 Å². The lowest BCUT2D eigenvalue weighted by atomic mass is 10.1. The fourth-order valence-corrected chi connectivity index (χ4v) is 1.79. The summed E-state index contributed by atoms with van der Waals surface area (Å²) in [6, 6.07) is 10.0. The molecule has 108 valence electrons. The van der Waals surface area contributed by atoms with Gasteiger partial charge < -0.3 is 9.84 Å². The fraction of sp³-hybridized carbons (Fsp3) is 0.0714. The summed E-state index contributed by atoms with van der Waals surface area (Å²) in [5, 5.41) is 19.7. The van der Waals surface area contributed by atoms with E-state index in [4.69, 9.17) is 21.4 Å². The molecular weight excluding hydrogens is 298 g/mol. The van der Waals surface area contributed by atoms with E-state index in [0.717, 1.165) is 5.56 Å². The summed E-state index contributed by atoms with van der Waals surface area (Å²) in [5.74, 6) is -0.808. The molecule has 0 amide bonds. The Hall–Kier alpha value is -2.60. The number of non-ortho nitro benzene ring substituents is 1. The van der Waals surface area contributed by atoms with Crippen molar-refractivity contribution in [2.75, 3.05) is 0 Å². The van der Waals surface area contributed by atoms with Crippen molar-refractivity contribution >= 4 is 23.3 Å². The first-order valence-electron chi connectivity index (χ1n) is 5.86. The number of aromatic carboxylic acids is 1. The van der Waals surface area contributed by atoms with Crippen molar-refractivity contribution in [3.05, 3.63) is 68.7 Å². The number of nitro groups is 1. The Kier molecular flexibility index (Phi) is 4.39. The first-order valence-corrected chi connectivity index (χ1v) is 6.24. The standard InChI is InChI=1S/C14H10ClNO5/c15-12-6-5-11(16(19)20)7-13(12)21-8-9-1-3-10(4-2-9)14(17)18/h1-7H,8H2,(H,17,18). The zero-order valence-corrected chi connectivity index (χ0v) is 11.4. The Labute approximate surface area is 124 Å². The number of hydrogen-bond donors (Lipinski definition) is 1. The first kappa shape index (κ1) is 14.8. The summed E-state index contributed by atoms with van der Waals surface area (Å²) >= 11 is 5.91. The van der Waals surface area contributed by atoms with Gasteiger partial charge in [-0.2, -0.15) is 0 Å². The highest BCUT2D eigenvalue weighted by atomic mass is 35.5. The van der Waals surface area contributed by atoms with Crippen molar-refractivity contribution in [3.63, 3.8) is 0 Å². The van der Waals surface area contributed by atoms with Crippen molar-refractivity contribution in [2.24, 2.45) is 0 Å². The molecule has 0 heterocycles. The third-order valence-electron chi connectivity index (χ3n) is 2.72. The summed E-state index contributed by atoms with van der Waals surface area (Å²) in [7, 11) is 0. The Morgan fingerprint density at radius 1 is 1.24 bits per heavy atom. The first-order chi connectivity index (χ1) is 9.97. The minimum absolute atomic E-state index is 0.115. The van der Waals surface area contributed by atoms with Gasteiger partial charge in [-0.1, -0.05) is 23.7 Å². The van der Waals surface area contributed by atoms with Crippen LogP contribution in [0.25, 0.3) is 0 Å². The van der Waals surface area contributed by atoms with Gasteiger partial charge in [-0.15, -0.1) is 0 Å². The van der Waals surface area contributed by atoms with Crippen LogP contribution in [0, 0.1) is 10.1 Å². The molecule has 2 aromatic rings. The number of hydrogen-bond acceptors (Lipinski definition) is 4. The molecule has 0 atom stereocenters. The van der Waals surface area contributed by atoms with Crippen molar-refractivity contribution in [1.29, 1.82) is 0 Å². The van der Waals surface area contributed by atoms with Crippen LogP contribution in [0.15, 0.2) is 42.5 Å². The number of benzene rings is 2. The Morgan fingerprint density at radius 3 is 2.48 bits per heavy atom. The topological polar surface area (TPSA) is 89.7 Å².